The molecule has 0 bridgehead atoms. The zero-order chi connectivity index (χ0) is 23.7. The van der Waals surface area contributed by atoms with E-state index in [1.54, 1.807) is 24.3 Å². The van der Waals surface area contributed by atoms with Crippen molar-refractivity contribution < 1.29 is 19.3 Å². The van der Waals surface area contributed by atoms with E-state index in [9.17, 15) is 24.5 Å². The van der Waals surface area contributed by atoms with E-state index in [2.05, 4.69) is 20.6 Å². The molecule has 1 aliphatic rings. The summed E-state index contributed by atoms with van der Waals surface area (Å²) >= 11 is 0. The largest absolute Gasteiger partial charge is 0.324 e. The van der Waals surface area contributed by atoms with Crippen LogP contribution in [0.2, 0.25) is 0 Å². The first-order valence-corrected chi connectivity index (χ1v) is 9.86. The number of nitrogens with zero attached hydrogens (tertiary/aromatic N) is 4. The highest BCUT2D eigenvalue weighted by molar-refractivity contribution is 6.24. The van der Waals surface area contributed by atoms with Crippen molar-refractivity contribution in [1.29, 1.82) is 0 Å². The second kappa shape index (κ2) is 8.46. The number of nitro benzene ring substituents is 1. The molecule has 33 heavy (non-hydrogen) atoms. The molecular formula is C22H18N6O5. The quantitative estimate of drug-likeness (QED) is 0.334. The van der Waals surface area contributed by atoms with Crippen LogP contribution in [0.5, 0.6) is 0 Å². The number of carbonyl (C=O) groups excluding carboxylic acids is 3. The van der Waals surface area contributed by atoms with Gasteiger partial charge in [0.15, 0.2) is 0 Å². The third-order valence-electron chi connectivity index (χ3n) is 4.86. The highest BCUT2D eigenvalue weighted by Gasteiger charge is 2.41. The van der Waals surface area contributed by atoms with Crippen LogP contribution < -0.4 is 10.6 Å². The average molecular weight is 446 g/mol. The lowest BCUT2D eigenvalue weighted by Gasteiger charge is -2.14. The minimum absolute atomic E-state index is 0.0957. The van der Waals surface area contributed by atoms with Crippen LogP contribution in [0.3, 0.4) is 0 Å². The topological polar surface area (TPSA) is 147 Å². The van der Waals surface area contributed by atoms with Crippen molar-refractivity contribution in [2.45, 2.75) is 13.8 Å². The Morgan fingerprint density at radius 1 is 1.00 bits per heavy atom. The second-order valence-electron chi connectivity index (χ2n) is 7.38. The summed E-state index contributed by atoms with van der Waals surface area (Å²) in [6.07, 6.45) is 0. The van der Waals surface area contributed by atoms with Gasteiger partial charge in [0.1, 0.15) is 12.1 Å². The molecular weight excluding hydrogens is 428 g/mol. The summed E-state index contributed by atoms with van der Waals surface area (Å²) in [5.41, 5.74) is 1.76. The third-order valence-corrected chi connectivity index (χ3v) is 4.86. The summed E-state index contributed by atoms with van der Waals surface area (Å²) in [4.78, 5) is 57.5. The highest BCUT2D eigenvalue weighted by atomic mass is 16.6. The molecule has 1 aromatic heterocycles. The van der Waals surface area contributed by atoms with Crippen LogP contribution in [0.1, 0.15) is 32.1 Å². The van der Waals surface area contributed by atoms with Gasteiger partial charge in [0, 0.05) is 28.8 Å². The number of anilines is 3. The molecule has 2 heterocycles. The van der Waals surface area contributed by atoms with Crippen molar-refractivity contribution >= 4 is 40.7 Å². The van der Waals surface area contributed by atoms with Crippen LogP contribution >= 0.6 is 0 Å². The van der Waals surface area contributed by atoms with Crippen molar-refractivity contribution in [2.24, 2.45) is 0 Å². The van der Waals surface area contributed by atoms with E-state index >= 15 is 0 Å². The van der Waals surface area contributed by atoms with Gasteiger partial charge >= 0.3 is 0 Å². The van der Waals surface area contributed by atoms with Crippen LogP contribution in [0.4, 0.5) is 23.0 Å². The number of fused-ring (bicyclic) bond motifs is 1. The molecule has 0 radical (unpaired) electrons. The van der Waals surface area contributed by atoms with Gasteiger partial charge in [0.05, 0.1) is 10.5 Å². The maximum Gasteiger partial charge on any atom is 0.282 e. The van der Waals surface area contributed by atoms with E-state index in [0.717, 1.165) is 17.5 Å². The molecule has 3 amide bonds. The molecule has 0 saturated heterocycles. The summed E-state index contributed by atoms with van der Waals surface area (Å²) in [7, 11) is 0. The molecule has 4 rings (SSSR count). The summed E-state index contributed by atoms with van der Waals surface area (Å²) < 4.78 is 0. The fourth-order valence-electron chi connectivity index (χ4n) is 3.54. The number of imide groups is 1. The smallest absolute Gasteiger partial charge is 0.282 e. The Labute approximate surface area is 187 Å². The van der Waals surface area contributed by atoms with Crippen LogP contribution in [-0.4, -0.2) is 44.1 Å². The molecule has 0 atom stereocenters. The summed E-state index contributed by atoms with van der Waals surface area (Å²) in [6.45, 7) is 3.12. The zero-order valence-corrected chi connectivity index (χ0v) is 17.7. The number of carbonyl (C=O) groups is 3. The van der Waals surface area contributed by atoms with Crippen molar-refractivity contribution in [1.82, 2.24) is 14.9 Å². The lowest BCUT2D eigenvalue weighted by Crippen LogP contribution is -2.37. The normalized spacial score (nSPS) is 12.5. The van der Waals surface area contributed by atoms with Gasteiger partial charge < -0.3 is 10.6 Å². The summed E-state index contributed by atoms with van der Waals surface area (Å²) in [6, 6.07) is 12.4. The molecule has 0 saturated carbocycles. The number of aromatic nitrogens is 2. The zero-order valence-electron chi connectivity index (χ0n) is 17.7. The molecule has 1 aliphatic heterocycles. The number of hydrogen-bond acceptors (Lipinski definition) is 8. The van der Waals surface area contributed by atoms with E-state index in [1.165, 1.54) is 12.1 Å². The van der Waals surface area contributed by atoms with Gasteiger partial charge in [-0.3, -0.25) is 29.4 Å². The van der Waals surface area contributed by atoms with Gasteiger partial charge in [-0.15, -0.1) is 0 Å². The molecule has 2 aromatic carbocycles. The van der Waals surface area contributed by atoms with E-state index in [1.807, 2.05) is 19.9 Å². The highest BCUT2D eigenvalue weighted by Crippen LogP contribution is 2.30. The van der Waals surface area contributed by atoms with E-state index in [4.69, 9.17) is 0 Å². The lowest BCUT2D eigenvalue weighted by molar-refractivity contribution is -0.385. The standard InChI is InChI=1S/C22H18N6O5/c1-12-9-13(2)24-22(23-12)26-15-6-3-5-14(10-15)25-18(29)11-27-20(30)16-7-4-8-17(28(32)33)19(16)21(27)31/h3-10H,11H2,1-2H3,(H,25,29)(H,23,24,26). The van der Waals surface area contributed by atoms with E-state index < -0.39 is 34.9 Å². The summed E-state index contributed by atoms with van der Waals surface area (Å²) in [5, 5.41) is 16.9. The fraction of sp³-hybridized carbons (Fsp3) is 0.136. The molecule has 3 aromatic rings. The van der Waals surface area contributed by atoms with Crippen molar-refractivity contribution in [3.8, 4) is 0 Å². The molecule has 11 nitrogen and oxygen atoms in total. The van der Waals surface area contributed by atoms with Gasteiger partial charge in [-0.25, -0.2) is 9.97 Å². The van der Waals surface area contributed by atoms with Crippen LogP contribution in [0, 0.1) is 24.0 Å². The Bertz CT molecular complexity index is 1300. The van der Waals surface area contributed by atoms with Crippen LogP contribution in [-0.2, 0) is 4.79 Å². The summed E-state index contributed by atoms with van der Waals surface area (Å²) in [5.74, 6) is -1.85. The molecule has 166 valence electrons. The first-order valence-electron chi connectivity index (χ1n) is 9.86. The monoisotopic (exact) mass is 446 g/mol. The van der Waals surface area contributed by atoms with Crippen molar-refractivity contribution in [3.05, 3.63) is 81.2 Å². The van der Waals surface area contributed by atoms with Crippen molar-refractivity contribution in [2.75, 3.05) is 17.2 Å². The number of rotatable bonds is 6. The lowest BCUT2D eigenvalue weighted by atomic mass is 10.1. The fourth-order valence-corrected chi connectivity index (χ4v) is 3.54. The maximum absolute atomic E-state index is 12.6. The first-order chi connectivity index (χ1) is 15.7. The Kier molecular flexibility index (Phi) is 5.53. The number of nitro groups is 1. The molecule has 0 aliphatic carbocycles. The van der Waals surface area contributed by atoms with Gasteiger partial charge in [-0.05, 0) is 44.2 Å². The predicted octanol–water partition coefficient (Wildman–Crippen LogP) is 2.98. The molecule has 0 spiro atoms. The molecule has 0 fully saturated rings. The maximum atomic E-state index is 12.6. The van der Waals surface area contributed by atoms with Gasteiger partial charge in [-0.2, -0.15) is 0 Å². The van der Waals surface area contributed by atoms with E-state index in [0.29, 0.717) is 22.2 Å². The van der Waals surface area contributed by atoms with Gasteiger partial charge in [0.25, 0.3) is 17.5 Å². The Balaban J connectivity index is 1.47. The predicted molar refractivity (Wildman–Crippen MR) is 118 cm³/mol. The number of nitrogens with one attached hydrogen (secondary N) is 2. The minimum Gasteiger partial charge on any atom is -0.324 e. The molecule has 2 N–H and O–H groups in total. The Hall–Kier alpha value is -4.67. The van der Waals surface area contributed by atoms with Gasteiger partial charge in [0.2, 0.25) is 11.9 Å². The number of aryl methyl sites for hydroxylation is 2. The number of benzene rings is 2. The second-order valence-corrected chi connectivity index (χ2v) is 7.38. The molecule has 11 heteroatoms. The first kappa shape index (κ1) is 21.6. The van der Waals surface area contributed by atoms with Crippen LogP contribution in [0.25, 0.3) is 0 Å². The minimum atomic E-state index is -0.875. The Morgan fingerprint density at radius 2 is 1.67 bits per heavy atom. The molecule has 0 unspecified atom stereocenters. The average Bonchev–Trinajstić information content (AvgIpc) is 2.98. The van der Waals surface area contributed by atoms with Gasteiger partial charge in [-0.1, -0.05) is 12.1 Å². The van der Waals surface area contributed by atoms with Crippen molar-refractivity contribution in [3.63, 3.8) is 0 Å². The number of amides is 3. The van der Waals surface area contributed by atoms with E-state index in [-0.39, 0.29) is 11.1 Å². The SMILES string of the molecule is Cc1cc(C)nc(Nc2cccc(NC(=O)CN3C(=O)c4cccc([N+](=O)[O-])c4C3=O)c2)n1. The van der Waals surface area contributed by atoms with Crippen LogP contribution in [0.15, 0.2) is 48.5 Å². The Morgan fingerprint density at radius 3 is 2.36 bits per heavy atom. The third kappa shape index (κ3) is 4.37. The number of hydrogen-bond donors (Lipinski definition) is 2.